The summed E-state index contributed by atoms with van der Waals surface area (Å²) < 4.78 is 0. The molecule has 0 aliphatic carbocycles. The minimum Gasteiger partial charge on any atom is -0.387 e. The Morgan fingerprint density at radius 1 is 1.38 bits per heavy atom. The summed E-state index contributed by atoms with van der Waals surface area (Å²) in [5, 5.41) is 0. The van der Waals surface area contributed by atoms with Gasteiger partial charge in [-0.1, -0.05) is 13.8 Å². The fourth-order valence-electron chi connectivity index (χ4n) is 2.50. The van der Waals surface area contributed by atoms with Crippen molar-refractivity contribution in [2.45, 2.75) is 40.0 Å². The number of amidine groups is 1. The number of hydrogen-bond donors (Lipinski definition) is 1. The minimum atomic E-state index is 0.0933. The number of hydrogen-bond acceptors (Lipinski definition) is 4. The summed E-state index contributed by atoms with van der Waals surface area (Å²) in [6.07, 6.45) is 4.33. The van der Waals surface area contributed by atoms with Crippen LogP contribution in [0, 0.1) is 6.92 Å². The lowest BCUT2D eigenvalue weighted by atomic mass is 10.1. The van der Waals surface area contributed by atoms with Gasteiger partial charge in [-0.05, 0) is 31.9 Å². The molecule has 4 nitrogen and oxygen atoms in total. The molecule has 0 aromatic carbocycles. The number of amides is 1. The van der Waals surface area contributed by atoms with Crippen LogP contribution < -0.4 is 5.73 Å². The Bertz CT molecular complexity index is 580. The standard InChI is InChI=1S/C16H23N3OS/c1-4-6-19(7-5-2)16(20)12-9-14-13(8-11(3)21-14)18-15(17)10-12/h8-9H,4-7,10H2,1-3H3,(H2,17,18). The summed E-state index contributed by atoms with van der Waals surface area (Å²) in [6.45, 7) is 7.80. The van der Waals surface area contributed by atoms with Crippen molar-refractivity contribution in [3.63, 3.8) is 0 Å². The van der Waals surface area contributed by atoms with Crippen molar-refractivity contribution < 1.29 is 4.79 Å². The molecule has 114 valence electrons. The van der Waals surface area contributed by atoms with E-state index >= 15 is 0 Å². The second-order valence-corrected chi connectivity index (χ2v) is 6.64. The van der Waals surface area contributed by atoms with Crippen LogP contribution in [0.5, 0.6) is 0 Å². The van der Waals surface area contributed by atoms with Crippen LogP contribution in [0.2, 0.25) is 0 Å². The molecular weight excluding hydrogens is 282 g/mol. The molecule has 1 amide bonds. The number of nitrogens with two attached hydrogens (primary N) is 1. The second kappa shape index (κ2) is 6.89. The summed E-state index contributed by atoms with van der Waals surface area (Å²) in [5.74, 6) is 0.606. The van der Waals surface area contributed by atoms with Crippen LogP contribution in [0.1, 0.15) is 42.9 Å². The van der Waals surface area contributed by atoms with Gasteiger partial charge >= 0.3 is 0 Å². The Hall–Kier alpha value is -1.62. The van der Waals surface area contributed by atoms with Gasteiger partial charge in [0.15, 0.2) is 0 Å². The quantitative estimate of drug-likeness (QED) is 0.905. The van der Waals surface area contributed by atoms with E-state index in [1.54, 1.807) is 11.3 Å². The first kappa shape index (κ1) is 15.8. The van der Waals surface area contributed by atoms with Gasteiger partial charge in [0.05, 0.1) is 10.6 Å². The highest BCUT2D eigenvalue weighted by Gasteiger charge is 2.21. The molecule has 1 aliphatic heterocycles. The fourth-order valence-corrected chi connectivity index (χ4v) is 3.43. The Balaban J connectivity index is 2.32. The van der Waals surface area contributed by atoms with E-state index in [1.165, 1.54) is 4.88 Å². The van der Waals surface area contributed by atoms with Gasteiger partial charge in [-0.2, -0.15) is 0 Å². The molecule has 1 aromatic rings. The first-order chi connectivity index (χ1) is 10.0. The van der Waals surface area contributed by atoms with Gasteiger partial charge in [0.1, 0.15) is 5.84 Å². The second-order valence-electron chi connectivity index (χ2n) is 5.35. The lowest BCUT2D eigenvalue weighted by Crippen LogP contribution is -2.34. The molecule has 0 fully saturated rings. The van der Waals surface area contributed by atoms with Gasteiger partial charge in [0.25, 0.3) is 0 Å². The van der Waals surface area contributed by atoms with Crippen LogP contribution in [0.15, 0.2) is 16.6 Å². The van der Waals surface area contributed by atoms with E-state index in [-0.39, 0.29) is 5.91 Å². The van der Waals surface area contributed by atoms with E-state index in [0.29, 0.717) is 12.3 Å². The number of aryl methyl sites for hydroxylation is 1. The smallest absolute Gasteiger partial charge is 0.250 e. The largest absolute Gasteiger partial charge is 0.387 e. The van der Waals surface area contributed by atoms with Crippen LogP contribution in [-0.4, -0.2) is 29.7 Å². The molecule has 0 spiro atoms. The van der Waals surface area contributed by atoms with Crippen molar-refractivity contribution in [3.8, 4) is 0 Å². The third kappa shape index (κ3) is 3.73. The molecule has 0 saturated heterocycles. The van der Waals surface area contributed by atoms with Gasteiger partial charge in [0.2, 0.25) is 5.91 Å². The molecule has 1 aliphatic rings. The van der Waals surface area contributed by atoms with E-state index in [9.17, 15) is 4.79 Å². The van der Waals surface area contributed by atoms with Crippen LogP contribution in [-0.2, 0) is 4.79 Å². The Labute approximate surface area is 130 Å². The summed E-state index contributed by atoms with van der Waals surface area (Å²) in [6, 6.07) is 2.02. The Morgan fingerprint density at radius 3 is 2.67 bits per heavy atom. The zero-order valence-electron chi connectivity index (χ0n) is 13.0. The molecule has 1 aromatic heterocycles. The number of carbonyl (C=O) groups is 1. The maximum atomic E-state index is 12.7. The van der Waals surface area contributed by atoms with E-state index in [0.717, 1.165) is 42.1 Å². The monoisotopic (exact) mass is 305 g/mol. The molecule has 0 bridgehead atoms. The Kier molecular flexibility index (Phi) is 5.17. The average molecular weight is 305 g/mol. The zero-order valence-corrected chi connectivity index (χ0v) is 13.8. The van der Waals surface area contributed by atoms with Crippen molar-refractivity contribution >= 4 is 34.8 Å². The first-order valence-electron chi connectivity index (χ1n) is 7.48. The molecular formula is C16H23N3OS. The zero-order chi connectivity index (χ0) is 15.4. The number of thiophene rings is 1. The molecule has 2 N–H and O–H groups in total. The molecule has 0 unspecified atom stereocenters. The molecule has 5 heteroatoms. The highest BCUT2D eigenvalue weighted by Crippen LogP contribution is 2.34. The average Bonchev–Trinajstić information content (AvgIpc) is 2.68. The maximum absolute atomic E-state index is 12.7. The lowest BCUT2D eigenvalue weighted by Gasteiger charge is -2.22. The molecule has 0 saturated carbocycles. The third-order valence-electron chi connectivity index (χ3n) is 3.35. The summed E-state index contributed by atoms with van der Waals surface area (Å²) in [7, 11) is 0. The van der Waals surface area contributed by atoms with E-state index in [2.05, 4.69) is 18.8 Å². The molecule has 0 atom stereocenters. The van der Waals surface area contributed by atoms with Crippen molar-refractivity contribution in [2.24, 2.45) is 10.7 Å². The number of rotatable bonds is 5. The number of carbonyl (C=O) groups excluding carboxylic acids is 1. The van der Waals surface area contributed by atoms with Crippen LogP contribution >= 0.6 is 11.3 Å². The lowest BCUT2D eigenvalue weighted by molar-refractivity contribution is -0.127. The normalized spacial score (nSPS) is 14.0. The van der Waals surface area contributed by atoms with Crippen molar-refractivity contribution in [1.29, 1.82) is 0 Å². The van der Waals surface area contributed by atoms with Gasteiger partial charge < -0.3 is 10.6 Å². The molecule has 2 heterocycles. The van der Waals surface area contributed by atoms with Crippen LogP contribution in [0.4, 0.5) is 5.69 Å². The number of fused-ring (bicyclic) bond motifs is 1. The number of aliphatic imine (C=N–C) groups is 1. The highest BCUT2D eigenvalue weighted by molar-refractivity contribution is 7.13. The van der Waals surface area contributed by atoms with Crippen molar-refractivity contribution in [1.82, 2.24) is 4.90 Å². The summed E-state index contributed by atoms with van der Waals surface area (Å²) in [5.41, 5.74) is 7.61. The topological polar surface area (TPSA) is 58.7 Å². The van der Waals surface area contributed by atoms with Gasteiger partial charge in [-0.3, -0.25) is 4.79 Å². The van der Waals surface area contributed by atoms with E-state index in [1.807, 2.05) is 24.0 Å². The van der Waals surface area contributed by atoms with Crippen molar-refractivity contribution in [3.05, 3.63) is 21.4 Å². The minimum absolute atomic E-state index is 0.0933. The summed E-state index contributed by atoms with van der Waals surface area (Å²) >= 11 is 1.66. The highest BCUT2D eigenvalue weighted by atomic mass is 32.1. The summed E-state index contributed by atoms with van der Waals surface area (Å²) in [4.78, 5) is 21.3. The Morgan fingerprint density at radius 2 is 2.05 bits per heavy atom. The predicted molar refractivity (Wildman–Crippen MR) is 90.1 cm³/mol. The maximum Gasteiger partial charge on any atom is 0.250 e. The van der Waals surface area contributed by atoms with Gasteiger partial charge in [-0.15, -0.1) is 11.3 Å². The molecule has 0 radical (unpaired) electrons. The predicted octanol–water partition coefficient (Wildman–Crippen LogP) is 3.48. The van der Waals surface area contributed by atoms with E-state index in [4.69, 9.17) is 5.73 Å². The molecule has 21 heavy (non-hydrogen) atoms. The SMILES string of the molecule is CCCN(CCC)C(=O)C1=Cc2sc(C)cc2N=C(N)C1. The van der Waals surface area contributed by atoms with Crippen LogP contribution in [0.3, 0.4) is 0 Å². The van der Waals surface area contributed by atoms with Gasteiger partial charge in [-0.25, -0.2) is 4.99 Å². The van der Waals surface area contributed by atoms with Crippen LogP contribution in [0.25, 0.3) is 6.08 Å². The number of nitrogens with zero attached hydrogens (tertiary/aromatic N) is 2. The molecule has 2 rings (SSSR count). The fraction of sp³-hybridized carbons (Fsp3) is 0.500. The van der Waals surface area contributed by atoms with Crippen molar-refractivity contribution in [2.75, 3.05) is 13.1 Å². The van der Waals surface area contributed by atoms with E-state index < -0.39 is 0 Å². The third-order valence-corrected chi connectivity index (χ3v) is 4.34. The van der Waals surface area contributed by atoms with Gasteiger partial charge in [0, 0.05) is 30.0 Å². The first-order valence-corrected chi connectivity index (χ1v) is 8.30.